The second-order valence-corrected chi connectivity index (χ2v) is 42.3. The van der Waals surface area contributed by atoms with E-state index in [1.165, 1.54) is 80.8 Å². The number of anilines is 4. The lowest BCUT2D eigenvalue weighted by atomic mass is 9.99. The third-order valence-corrected chi connectivity index (χ3v) is 33.2. The molecule has 0 saturated carbocycles. The summed E-state index contributed by atoms with van der Waals surface area (Å²) in [6, 6.07) is 8.93. The van der Waals surface area contributed by atoms with E-state index < -0.39 is 194 Å². The number of carbonyl (C=O) groups is 18. The topological polar surface area (TPSA) is 526 Å². The van der Waals surface area contributed by atoms with Crippen LogP contribution in [0.3, 0.4) is 0 Å². The van der Waals surface area contributed by atoms with Crippen LogP contribution in [0.4, 0.5) is 32.3 Å². The number of aliphatic hydroxyl groups is 1. The van der Waals surface area contributed by atoms with Crippen molar-refractivity contribution in [2.45, 2.75) is 266 Å². The summed E-state index contributed by atoms with van der Waals surface area (Å²) in [6.45, 7) is 14.9. The average molecular weight is 2140 g/mol. The van der Waals surface area contributed by atoms with Gasteiger partial charge in [0.05, 0.1) is 72.5 Å². The maximum atomic E-state index is 14.8. The van der Waals surface area contributed by atoms with E-state index in [2.05, 4.69) is 76.0 Å². The van der Waals surface area contributed by atoms with Crippen LogP contribution < -0.4 is 81.9 Å². The van der Waals surface area contributed by atoms with Crippen LogP contribution in [0.2, 0.25) is 0 Å². The molecule has 0 aliphatic carbocycles. The van der Waals surface area contributed by atoms with E-state index in [0.29, 0.717) is 68.4 Å². The minimum Gasteiger partial charge on any atom is -0.493 e. The quantitative estimate of drug-likeness (QED) is 0.0422. The van der Waals surface area contributed by atoms with Gasteiger partial charge in [0.1, 0.15) is 59.2 Å². The van der Waals surface area contributed by atoms with Crippen LogP contribution in [0.1, 0.15) is 210 Å². The number of nitrogens with one attached hydrogen (secondary N) is 10. The van der Waals surface area contributed by atoms with Crippen LogP contribution in [0, 0.1) is 17.8 Å². The fourth-order valence-electron chi connectivity index (χ4n) is 18.8. The summed E-state index contributed by atoms with van der Waals surface area (Å²) in [4.78, 5) is 261. The summed E-state index contributed by atoms with van der Waals surface area (Å²) in [6.07, 6.45) is -0.745. The molecule has 4 aromatic carbocycles. The van der Waals surface area contributed by atoms with Crippen molar-refractivity contribution in [3.63, 3.8) is 0 Å². The molecule has 143 heavy (non-hydrogen) atoms. The smallest absolute Gasteiger partial charge is 0.416 e. The number of nitrogens with zero attached hydrogens (tertiary/aromatic N) is 7. The summed E-state index contributed by atoms with van der Waals surface area (Å²) in [7, 11) is 2.86. The lowest BCUT2D eigenvalue weighted by Crippen LogP contribution is -2.63. The largest absolute Gasteiger partial charge is 0.493 e. The molecule has 12 bridgehead atoms. The number of methoxy groups -OCH3 is 2. The van der Waals surface area contributed by atoms with Crippen molar-refractivity contribution >= 4 is 176 Å². The monoisotopic (exact) mass is 2130 g/mol. The molecule has 11 aliphatic heterocycles. The van der Waals surface area contributed by atoms with E-state index in [9.17, 15) is 91.4 Å². The number of fused-ring (bicyclic) bond motifs is 9. The van der Waals surface area contributed by atoms with Gasteiger partial charge in [0.2, 0.25) is 82.7 Å². The number of ether oxygens (including phenoxy) is 6. The first-order valence-electron chi connectivity index (χ1n) is 48.8. The third kappa shape index (κ3) is 25.6. The average Bonchev–Trinajstić information content (AvgIpc) is 1.52. The van der Waals surface area contributed by atoms with Gasteiger partial charge in [-0.05, 0) is 164 Å². The van der Waals surface area contributed by atoms with E-state index >= 15 is 0 Å². The number of halogens is 1. The fraction of sp³-hybridized carbons (Fsp3) is 0.571. The van der Waals surface area contributed by atoms with Gasteiger partial charge >= 0.3 is 12.2 Å². The van der Waals surface area contributed by atoms with Gasteiger partial charge in [0.15, 0.2) is 29.2 Å². The summed E-state index contributed by atoms with van der Waals surface area (Å²) < 4.78 is 38.2. The van der Waals surface area contributed by atoms with Gasteiger partial charge in [-0.3, -0.25) is 91.4 Å². The molecule has 0 radical (unpaired) electrons. The molecule has 11 N–H and O–H groups in total. The van der Waals surface area contributed by atoms with Crippen molar-refractivity contribution in [1.29, 1.82) is 0 Å². The molecule has 15 atom stereocenters. The zero-order valence-corrected chi connectivity index (χ0v) is 85.9. The van der Waals surface area contributed by atoms with Crippen LogP contribution in [-0.4, -0.2) is 283 Å². The molecule has 8 unspecified atom stereocenters. The first kappa shape index (κ1) is 108. The van der Waals surface area contributed by atoms with Gasteiger partial charge < -0.3 is 96.5 Å². The number of hydrogen-bond donors (Lipinski definition) is 11. The predicted molar refractivity (Wildman–Crippen MR) is 533 cm³/mol. The zero-order chi connectivity index (χ0) is 103. The Morgan fingerprint density at radius 1 is 0.490 bits per heavy atom. The SMILES string of the molecule is CCCC1C[C@H]2C(O)N3C(=O)OCc4ccc(cc4)NC(=O)[C@H](C)NC(=O)C(C(C)C)NC(=O)CCCNC(=O)[C@H]4NC(=O)CCCN5C(=O)CC(SC6(C)N(I)C6(C)SC6CC(=O)N(CCCC(=O)N[C@H]4C(=O)NCCCC(=O)N[C@@H](C(C)C)C(=O)N[C@@H](C)C(=O)Nc4ccc(cc4)COC(=O)N4C[C@@H]7CCCN7C(=O)c7cc(OC)c(cc74)OCCCCCOc4cc3c(cc4OC)C(=O)N2C1)C6=O)C5=O. The molecule has 0 spiro atoms. The highest BCUT2D eigenvalue weighted by atomic mass is 127. The Labute approximate surface area is 851 Å². The van der Waals surface area contributed by atoms with Crippen LogP contribution in [0.25, 0.3) is 0 Å². The van der Waals surface area contributed by atoms with Crippen molar-refractivity contribution in [1.82, 2.24) is 65.2 Å². The van der Waals surface area contributed by atoms with Crippen LogP contribution in [0.5, 0.6) is 23.0 Å². The Hall–Kier alpha value is -12.1. The molecule has 11 aliphatic rings. The molecule has 4 aromatic rings. The molecule has 42 nitrogen and oxygen atoms in total. The van der Waals surface area contributed by atoms with Crippen molar-refractivity contribution in [2.24, 2.45) is 17.8 Å². The van der Waals surface area contributed by atoms with Gasteiger partial charge in [-0.1, -0.05) is 65.3 Å². The van der Waals surface area contributed by atoms with Crippen molar-refractivity contribution in [3.8, 4) is 23.0 Å². The molecule has 45 heteroatoms. The lowest BCUT2D eigenvalue weighted by Gasteiger charge is -2.31. The van der Waals surface area contributed by atoms with E-state index in [1.54, 1.807) is 86.0 Å². The number of hydrogen-bond acceptors (Lipinski definition) is 28. The molecule has 0 aromatic heterocycles. The first-order chi connectivity index (χ1) is 68.2. The Morgan fingerprint density at radius 3 is 1.39 bits per heavy atom. The van der Waals surface area contributed by atoms with Crippen molar-refractivity contribution in [3.05, 3.63) is 95.1 Å². The highest BCUT2D eigenvalue weighted by Gasteiger charge is 2.73. The Balaban J connectivity index is 0.721. The van der Waals surface area contributed by atoms with Gasteiger partial charge in [0, 0.05) is 131 Å². The van der Waals surface area contributed by atoms with Crippen LogP contribution in [0.15, 0.2) is 72.8 Å². The third-order valence-electron chi connectivity index (χ3n) is 27.1. The predicted octanol–water partition coefficient (Wildman–Crippen LogP) is 6.54. The Kier molecular flexibility index (Phi) is 36.4. The van der Waals surface area contributed by atoms with Gasteiger partial charge in [-0.25, -0.2) is 17.6 Å². The number of benzene rings is 4. The number of amides is 18. The highest BCUT2D eigenvalue weighted by molar-refractivity contribution is 14.1. The second kappa shape index (κ2) is 48.1. The van der Waals surface area contributed by atoms with Crippen molar-refractivity contribution < 1.29 is 120 Å². The standard InChI is InChI=1S/C98H128IN17O25S2/c1-12-21-59-42-67-92(131)115-66-46-71(69(137-11)44-64(66)91(130)113(67)49-59)139-41-15-13-14-40-138-70-45-65-63(43-68(70)136-10)90(129)110-37-18-22-62(110)50-114(65)95(134)140-51-57-27-31-60(32-28-57)104-84(123)55(6)102-88(127)80(53(2)3)106-74(117)23-16-35-100-86(125)82-83(87(126)101-36-17-24-75(118)107-81(54(4)5)89(128)103-56(7)85(124)105-61-33-29-58(30-34-61)52-141-96(115)135)109-77(120)26-20-39-112-79(122)48-73(94(112)133)143-98(9)97(8,116(98)99)142-72-47-78(121)111(93(72)132)38-19-25-76(119)108-82/h27-34,43-46,53-56,59,62,67,72-73,80-83,92,131H,12-26,35-42,47-52H2,1-11H3,(H,100,125)(H,101,126)(H,102,127)(H,103,128)(H,104,123)(H,105,124)(H,106,117)(H,107,118)(H,108,119)(H,109,120)/t55-,56-,59?,62-,67-,72?,73?,80-,81?,82+,83-,92?,97?,98?,116?/m0/s1. The normalized spacial score (nSPS) is 28.3. The second-order valence-electron chi connectivity index (χ2n) is 38.1. The molecule has 15 rings (SSSR count). The van der Waals surface area contributed by atoms with Crippen molar-refractivity contribution in [2.75, 3.05) is 93.7 Å². The molecule has 774 valence electrons. The fourth-order valence-corrected chi connectivity index (χ4v) is 24.1. The number of rotatable bonds is 6. The molecule has 18 amide bonds. The molecule has 11 heterocycles. The van der Waals surface area contributed by atoms with Gasteiger partial charge in [-0.15, -0.1) is 23.5 Å². The molecule has 6 fully saturated rings. The molecule has 6 saturated heterocycles. The van der Waals surface area contributed by atoms with Crippen LogP contribution >= 0.6 is 46.4 Å². The summed E-state index contributed by atoms with van der Waals surface area (Å²) in [5, 5.41) is 37.3. The van der Waals surface area contributed by atoms with Gasteiger partial charge in [0.25, 0.3) is 11.8 Å². The Morgan fingerprint density at radius 2 is 0.930 bits per heavy atom. The Bertz CT molecular complexity index is 5420. The number of aliphatic hydroxyl groups excluding tert-OH is 1. The zero-order valence-electron chi connectivity index (χ0n) is 82.1. The van der Waals surface area contributed by atoms with Crippen LogP contribution in [-0.2, 0) is 89.8 Å². The number of thioether (sulfide) groups is 2. The number of carbonyl (C=O) groups excluding carboxylic acids is 18. The maximum Gasteiger partial charge on any atom is 0.416 e. The summed E-state index contributed by atoms with van der Waals surface area (Å²) in [5.41, 5.74) is 2.09. The minimum absolute atomic E-state index is 0.0150. The highest BCUT2D eigenvalue weighted by Crippen LogP contribution is 2.69. The van der Waals surface area contributed by atoms with E-state index in [4.69, 9.17) is 28.4 Å². The molecular formula is C98H128IN17O25S2. The summed E-state index contributed by atoms with van der Waals surface area (Å²) >= 11 is 4.60. The van der Waals surface area contributed by atoms with E-state index in [0.717, 1.165) is 27.5 Å². The molecular weight excluding hydrogens is 2010 g/mol. The first-order valence-corrected chi connectivity index (χ1v) is 51.5. The summed E-state index contributed by atoms with van der Waals surface area (Å²) in [5.74, 6) is -10.8. The van der Waals surface area contributed by atoms with E-state index in [-0.39, 0.29) is 180 Å². The maximum absolute atomic E-state index is 14.8. The van der Waals surface area contributed by atoms with E-state index in [1.807, 2.05) is 23.9 Å². The lowest BCUT2D eigenvalue weighted by molar-refractivity contribution is -0.140. The number of imide groups is 2. The minimum atomic E-state index is -1.96. The van der Waals surface area contributed by atoms with Gasteiger partial charge in [-0.2, -0.15) is 0 Å².